The maximum atomic E-state index is 10.6. The highest BCUT2D eigenvalue weighted by Crippen LogP contribution is 2.28. The fraction of sp³-hybridized carbons (Fsp3) is 0.294. The van der Waals surface area contributed by atoms with Crippen molar-refractivity contribution in [3.8, 4) is 0 Å². The van der Waals surface area contributed by atoms with E-state index in [0.717, 1.165) is 27.8 Å². The molecule has 1 N–H and O–H groups in total. The zero-order valence-electron chi connectivity index (χ0n) is 11.7. The van der Waals surface area contributed by atoms with Crippen molar-refractivity contribution in [1.29, 1.82) is 0 Å². The van der Waals surface area contributed by atoms with Gasteiger partial charge >= 0.3 is 0 Å². The summed E-state index contributed by atoms with van der Waals surface area (Å²) < 4.78 is 5.20. The first kappa shape index (κ1) is 13.8. The highest BCUT2D eigenvalue weighted by atomic mass is 16.5. The molecule has 2 heteroatoms. The summed E-state index contributed by atoms with van der Waals surface area (Å²) in [6, 6.07) is 14.0. The molecule has 100 valence electrons. The van der Waals surface area contributed by atoms with Crippen LogP contribution in [0.2, 0.25) is 0 Å². The van der Waals surface area contributed by atoms with Crippen molar-refractivity contribution < 1.29 is 9.84 Å². The van der Waals surface area contributed by atoms with Gasteiger partial charge in [-0.1, -0.05) is 48.0 Å². The molecule has 1 atom stereocenters. The molecule has 0 fully saturated rings. The molecule has 0 radical (unpaired) electrons. The Hall–Kier alpha value is -1.64. The number of ether oxygens (including phenoxy) is 1. The smallest absolute Gasteiger partial charge is 0.105 e. The average Bonchev–Trinajstić information content (AvgIpc) is 2.42. The molecule has 2 aromatic rings. The SMILES string of the molecule is COCc1ccccc1C(O)c1cc(C)ccc1C. The van der Waals surface area contributed by atoms with Crippen molar-refractivity contribution in [2.75, 3.05) is 7.11 Å². The lowest BCUT2D eigenvalue weighted by Crippen LogP contribution is -2.06. The number of hydrogen-bond donors (Lipinski definition) is 1. The number of methoxy groups -OCH3 is 1. The Bertz CT molecular complexity index is 561. The first-order valence-corrected chi connectivity index (χ1v) is 6.45. The van der Waals surface area contributed by atoms with Gasteiger partial charge in [-0.05, 0) is 36.1 Å². The number of aliphatic hydroxyl groups is 1. The van der Waals surface area contributed by atoms with E-state index in [4.69, 9.17) is 4.74 Å². The third kappa shape index (κ3) is 3.03. The van der Waals surface area contributed by atoms with Crippen LogP contribution in [0, 0.1) is 13.8 Å². The molecule has 0 aliphatic rings. The summed E-state index contributed by atoms with van der Waals surface area (Å²) in [4.78, 5) is 0. The summed E-state index contributed by atoms with van der Waals surface area (Å²) in [6.45, 7) is 4.58. The van der Waals surface area contributed by atoms with E-state index in [-0.39, 0.29) is 0 Å². The minimum absolute atomic E-state index is 0.512. The van der Waals surface area contributed by atoms with Gasteiger partial charge in [-0.25, -0.2) is 0 Å². The fourth-order valence-corrected chi connectivity index (χ4v) is 2.31. The van der Waals surface area contributed by atoms with Crippen LogP contribution in [-0.2, 0) is 11.3 Å². The van der Waals surface area contributed by atoms with Gasteiger partial charge in [0.25, 0.3) is 0 Å². The molecule has 1 unspecified atom stereocenters. The molecular weight excluding hydrogens is 236 g/mol. The first-order valence-electron chi connectivity index (χ1n) is 6.45. The molecule has 0 aromatic heterocycles. The predicted molar refractivity (Wildman–Crippen MR) is 77.1 cm³/mol. The van der Waals surface area contributed by atoms with Gasteiger partial charge in [0.15, 0.2) is 0 Å². The van der Waals surface area contributed by atoms with Crippen LogP contribution in [0.25, 0.3) is 0 Å². The molecule has 0 saturated heterocycles. The van der Waals surface area contributed by atoms with Gasteiger partial charge in [-0.3, -0.25) is 0 Å². The lowest BCUT2D eigenvalue weighted by Gasteiger charge is -2.18. The van der Waals surface area contributed by atoms with E-state index in [0.29, 0.717) is 6.61 Å². The normalized spacial score (nSPS) is 12.4. The van der Waals surface area contributed by atoms with Crippen molar-refractivity contribution in [1.82, 2.24) is 0 Å². The van der Waals surface area contributed by atoms with E-state index in [9.17, 15) is 5.11 Å². The standard InChI is InChI=1S/C17H20O2/c1-12-8-9-13(2)16(10-12)17(18)15-7-5-4-6-14(15)11-19-3/h4-10,17-18H,11H2,1-3H3. The van der Waals surface area contributed by atoms with E-state index in [1.54, 1.807) is 7.11 Å². The molecule has 0 aliphatic carbocycles. The van der Waals surface area contributed by atoms with E-state index in [1.165, 1.54) is 0 Å². The Labute approximate surface area is 114 Å². The fourth-order valence-electron chi connectivity index (χ4n) is 2.31. The van der Waals surface area contributed by atoms with E-state index >= 15 is 0 Å². The van der Waals surface area contributed by atoms with Crippen LogP contribution in [-0.4, -0.2) is 12.2 Å². The van der Waals surface area contributed by atoms with Crippen LogP contribution in [0.4, 0.5) is 0 Å². The minimum atomic E-state index is -0.605. The van der Waals surface area contributed by atoms with E-state index in [2.05, 4.69) is 6.07 Å². The zero-order chi connectivity index (χ0) is 13.8. The molecule has 0 spiro atoms. The number of aliphatic hydroxyl groups excluding tert-OH is 1. The Balaban J connectivity index is 2.43. The minimum Gasteiger partial charge on any atom is -0.384 e. The molecule has 0 amide bonds. The van der Waals surface area contributed by atoms with Gasteiger partial charge in [0.1, 0.15) is 6.10 Å². The molecule has 0 bridgehead atoms. The van der Waals surface area contributed by atoms with Crippen molar-refractivity contribution in [2.24, 2.45) is 0 Å². The van der Waals surface area contributed by atoms with Crippen molar-refractivity contribution in [3.63, 3.8) is 0 Å². The highest BCUT2D eigenvalue weighted by molar-refractivity contribution is 5.40. The van der Waals surface area contributed by atoms with Crippen molar-refractivity contribution in [3.05, 3.63) is 70.3 Å². The highest BCUT2D eigenvalue weighted by Gasteiger charge is 2.16. The second kappa shape index (κ2) is 6.00. The zero-order valence-corrected chi connectivity index (χ0v) is 11.7. The third-order valence-electron chi connectivity index (χ3n) is 3.38. The van der Waals surface area contributed by atoms with Crippen molar-refractivity contribution in [2.45, 2.75) is 26.6 Å². The van der Waals surface area contributed by atoms with E-state index in [1.807, 2.05) is 50.2 Å². The lowest BCUT2D eigenvalue weighted by molar-refractivity contribution is 0.176. The van der Waals surface area contributed by atoms with Crippen LogP contribution >= 0.6 is 0 Å². The Kier molecular flexibility index (Phi) is 4.35. The van der Waals surface area contributed by atoms with Gasteiger partial charge in [0.05, 0.1) is 6.61 Å². The molecule has 2 nitrogen and oxygen atoms in total. The van der Waals surface area contributed by atoms with Gasteiger partial charge in [0, 0.05) is 7.11 Å². The summed E-state index contributed by atoms with van der Waals surface area (Å²) in [7, 11) is 1.67. The van der Waals surface area contributed by atoms with Gasteiger partial charge in [-0.2, -0.15) is 0 Å². The Morgan fingerprint density at radius 3 is 2.53 bits per heavy atom. The second-order valence-corrected chi connectivity index (χ2v) is 4.89. The van der Waals surface area contributed by atoms with Crippen molar-refractivity contribution >= 4 is 0 Å². The molecular formula is C17H20O2. The summed E-state index contributed by atoms with van der Waals surface area (Å²) in [6.07, 6.45) is -0.605. The van der Waals surface area contributed by atoms with Crippen LogP contribution in [0.3, 0.4) is 0 Å². The largest absolute Gasteiger partial charge is 0.384 e. The molecule has 0 aliphatic heterocycles. The summed E-state index contributed by atoms with van der Waals surface area (Å²) in [5, 5.41) is 10.6. The third-order valence-corrected chi connectivity index (χ3v) is 3.38. The van der Waals surface area contributed by atoms with Gasteiger partial charge in [0.2, 0.25) is 0 Å². The molecule has 2 rings (SSSR count). The van der Waals surface area contributed by atoms with Gasteiger partial charge in [-0.15, -0.1) is 0 Å². The number of benzene rings is 2. The maximum Gasteiger partial charge on any atom is 0.105 e. The quantitative estimate of drug-likeness (QED) is 0.906. The van der Waals surface area contributed by atoms with Crippen LogP contribution in [0.15, 0.2) is 42.5 Å². The Morgan fingerprint density at radius 1 is 1.05 bits per heavy atom. The molecule has 19 heavy (non-hydrogen) atoms. The van der Waals surface area contributed by atoms with Crippen LogP contribution in [0.1, 0.15) is 33.9 Å². The second-order valence-electron chi connectivity index (χ2n) is 4.89. The van der Waals surface area contributed by atoms with Gasteiger partial charge < -0.3 is 9.84 Å². The number of aryl methyl sites for hydroxylation is 2. The summed E-state index contributed by atoms with van der Waals surface area (Å²) in [5.74, 6) is 0. The molecule has 2 aromatic carbocycles. The van der Waals surface area contributed by atoms with E-state index < -0.39 is 6.10 Å². The monoisotopic (exact) mass is 256 g/mol. The lowest BCUT2D eigenvalue weighted by atomic mass is 9.93. The number of hydrogen-bond acceptors (Lipinski definition) is 2. The number of rotatable bonds is 4. The van der Waals surface area contributed by atoms with Crippen LogP contribution in [0.5, 0.6) is 0 Å². The van der Waals surface area contributed by atoms with Crippen LogP contribution < -0.4 is 0 Å². The Morgan fingerprint density at radius 2 is 1.79 bits per heavy atom. The first-order chi connectivity index (χ1) is 9.13. The molecule has 0 saturated carbocycles. The predicted octanol–water partition coefficient (Wildman–Crippen LogP) is 3.53. The maximum absolute atomic E-state index is 10.6. The summed E-state index contributed by atoms with van der Waals surface area (Å²) in [5.41, 5.74) is 5.16. The molecule has 0 heterocycles. The topological polar surface area (TPSA) is 29.5 Å². The average molecular weight is 256 g/mol. The summed E-state index contributed by atoms with van der Waals surface area (Å²) >= 11 is 0.